The minimum atomic E-state index is -0.321. The number of hydrogen-bond donors (Lipinski definition) is 1. The van der Waals surface area contributed by atoms with E-state index in [1.54, 1.807) is 0 Å². The predicted octanol–water partition coefficient (Wildman–Crippen LogP) is 2.25. The molecule has 2 rings (SSSR count). The molecule has 0 amide bonds. The summed E-state index contributed by atoms with van der Waals surface area (Å²) in [5, 5.41) is 8.88. The second-order valence-corrected chi connectivity index (χ2v) is 5.06. The summed E-state index contributed by atoms with van der Waals surface area (Å²) in [5.41, 5.74) is 0.564. The lowest BCUT2D eigenvalue weighted by atomic mass is 10.1. The molecule has 0 spiro atoms. The molecule has 19 heavy (non-hydrogen) atoms. The van der Waals surface area contributed by atoms with Crippen LogP contribution in [0.15, 0.2) is 24.3 Å². The number of rotatable bonds is 6. The van der Waals surface area contributed by atoms with Gasteiger partial charge in [-0.2, -0.15) is 0 Å². The van der Waals surface area contributed by atoms with Crippen molar-refractivity contribution in [3.63, 3.8) is 0 Å². The van der Waals surface area contributed by atoms with Crippen LogP contribution in [0.5, 0.6) is 0 Å². The predicted molar refractivity (Wildman–Crippen MR) is 71.6 cm³/mol. The number of aliphatic hydroxyl groups is 1. The molecule has 1 fully saturated rings. The summed E-state index contributed by atoms with van der Waals surface area (Å²) in [4.78, 5) is 14.3. The third-order valence-electron chi connectivity index (χ3n) is 3.71. The van der Waals surface area contributed by atoms with Crippen molar-refractivity contribution in [1.29, 1.82) is 0 Å². The van der Waals surface area contributed by atoms with Gasteiger partial charge in [-0.1, -0.05) is 0 Å². The zero-order chi connectivity index (χ0) is 13.7. The minimum Gasteiger partial charge on any atom is -0.396 e. The Morgan fingerprint density at radius 2 is 2.11 bits per heavy atom. The molecule has 0 aromatic heterocycles. The molecule has 4 heteroatoms. The van der Waals surface area contributed by atoms with E-state index >= 15 is 0 Å². The number of nitrogens with zero attached hydrogens (tertiary/aromatic N) is 1. The Bertz CT molecular complexity index is 419. The number of aliphatic hydroxyl groups excluding tert-OH is 1. The van der Waals surface area contributed by atoms with Gasteiger partial charge in [0.1, 0.15) is 5.82 Å². The Hall–Kier alpha value is -1.26. The molecule has 0 aliphatic carbocycles. The van der Waals surface area contributed by atoms with Gasteiger partial charge >= 0.3 is 0 Å². The van der Waals surface area contributed by atoms with Crippen molar-refractivity contribution in [2.75, 3.05) is 19.7 Å². The quantitative estimate of drug-likeness (QED) is 0.802. The number of benzene rings is 1. The van der Waals surface area contributed by atoms with Gasteiger partial charge in [0.05, 0.1) is 6.54 Å². The molecule has 1 aliphatic rings. The van der Waals surface area contributed by atoms with E-state index in [0.29, 0.717) is 18.2 Å². The Kier molecular flexibility index (Phi) is 5.05. The van der Waals surface area contributed by atoms with Gasteiger partial charge in [0.2, 0.25) is 0 Å². The van der Waals surface area contributed by atoms with Crippen LogP contribution in [-0.4, -0.2) is 41.5 Å². The van der Waals surface area contributed by atoms with E-state index in [1.807, 2.05) is 0 Å². The number of ketones is 1. The van der Waals surface area contributed by atoms with Crippen LogP contribution < -0.4 is 0 Å². The molecule has 1 aromatic rings. The number of Topliss-reactive ketones (excluding diaryl/α,β-unsaturated/α-hetero) is 1. The second-order valence-electron chi connectivity index (χ2n) is 5.06. The number of hydrogen-bond acceptors (Lipinski definition) is 3. The maximum absolute atomic E-state index is 12.8. The van der Waals surface area contributed by atoms with E-state index in [1.165, 1.54) is 24.3 Å². The molecule has 1 saturated heterocycles. The molecule has 1 heterocycles. The highest BCUT2D eigenvalue weighted by Crippen LogP contribution is 2.21. The molecule has 1 N–H and O–H groups in total. The lowest BCUT2D eigenvalue weighted by molar-refractivity contribution is 0.0915. The highest BCUT2D eigenvalue weighted by atomic mass is 19.1. The molecular formula is C15H20FNO2. The average molecular weight is 265 g/mol. The molecule has 1 aliphatic heterocycles. The zero-order valence-electron chi connectivity index (χ0n) is 11.0. The maximum Gasteiger partial charge on any atom is 0.176 e. The van der Waals surface area contributed by atoms with E-state index in [-0.39, 0.29) is 18.2 Å². The van der Waals surface area contributed by atoms with Crippen molar-refractivity contribution < 1.29 is 14.3 Å². The highest BCUT2D eigenvalue weighted by molar-refractivity contribution is 5.97. The Labute approximate surface area is 113 Å². The van der Waals surface area contributed by atoms with Crippen molar-refractivity contribution in [3.8, 4) is 0 Å². The molecule has 1 atom stereocenters. The topological polar surface area (TPSA) is 40.5 Å². The standard InChI is InChI=1S/C15H20FNO2/c16-13-7-5-12(6-8-13)15(19)11-17-9-1-3-14(17)4-2-10-18/h5-8,14,18H,1-4,9-11H2. The summed E-state index contributed by atoms with van der Waals surface area (Å²) in [5.74, 6) is -0.283. The third kappa shape index (κ3) is 3.85. The first-order valence-electron chi connectivity index (χ1n) is 6.84. The van der Waals surface area contributed by atoms with Gasteiger partial charge in [0.25, 0.3) is 0 Å². The van der Waals surface area contributed by atoms with Crippen LogP contribution in [0.4, 0.5) is 4.39 Å². The number of carbonyl (C=O) groups is 1. The summed E-state index contributed by atoms with van der Waals surface area (Å²) >= 11 is 0. The fraction of sp³-hybridized carbons (Fsp3) is 0.533. The third-order valence-corrected chi connectivity index (χ3v) is 3.71. The SMILES string of the molecule is O=C(CN1CCCC1CCCO)c1ccc(F)cc1. The molecular weight excluding hydrogens is 245 g/mol. The lowest BCUT2D eigenvalue weighted by Gasteiger charge is -2.23. The van der Waals surface area contributed by atoms with Crippen LogP contribution >= 0.6 is 0 Å². The molecule has 0 saturated carbocycles. The fourth-order valence-electron chi connectivity index (χ4n) is 2.67. The van der Waals surface area contributed by atoms with Crippen LogP contribution in [0.1, 0.15) is 36.0 Å². The summed E-state index contributed by atoms with van der Waals surface area (Å²) < 4.78 is 12.8. The largest absolute Gasteiger partial charge is 0.396 e. The smallest absolute Gasteiger partial charge is 0.176 e. The first-order valence-corrected chi connectivity index (χ1v) is 6.84. The number of likely N-dealkylation sites (tertiary alicyclic amines) is 1. The van der Waals surface area contributed by atoms with E-state index in [2.05, 4.69) is 4.90 Å². The molecule has 3 nitrogen and oxygen atoms in total. The number of halogens is 1. The van der Waals surface area contributed by atoms with Gasteiger partial charge in [0.15, 0.2) is 5.78 Å². The molecule has 104 valence electrons. The maximum atomic E-state index is 12.8. The highest BCUT2D eigenvalue weighted by Gasteiger charge is 2.25. The molecule has 0 bridgehead atoms. The molecule has 1 aromatic carbocycles. The second kappa shape index (κ2) is 6.78. The van der Waals surface area contributed by atoms with Crippen molar-refractivity contribution in [2.45, 2.75) is 31.7 Å². The average Bonchev–Trinajstić information content (AvgIpc) is 2.84. The van der Waals surface area contributed by atoms with E-state index < -0.39 is 0 Å². The summed E-state index contributed by atoms with van der Waals surface area (Å²) in [6.45, 7) is 1.53. The van der Waals surface area contributed by atoms with Gasteiger partial charge in [-0.15, -0.1) is 0 Å². The van der Waals surface area contributed by atoms with Crippen LogP contribution in [0.3, 0.4) is 0 Å². The Balaban J connectivity index is 1.92. The van der Waals surface area contributed by atoms with E-state index in [4.69, 9.17) is 5.11 Å². The van der Waals surface area contributed by atoms with Crippen LogP contribution in [0, 0.1) is 5.82 Å². The Morgan fingerprint density at radius 3 is 2.79 bits per heavy atom. The normalized spacial score (nSPS) is 19.8. The molecule has 0 radical (unpaired) electrons. The van der Waals surface area contributed by atoms with Gasteiger partial charge in [-0.25, -0.2) is 4.39 Å². The molecule has 1 unspecified atom stereocenters. The van der Waals surface area contributed by atoms with E-state index in [0.717, 1.165) is 32.2 Å². The van der Waals surface area contributed by atoms with Crippen LogP contribution in [-0.2, 0) is 0 Å². The summed E-state index contributed by atoms with van der Waals surface area (Å²) in [7, 11) is 0. The van der Waals surface area contributed by atoms with Gasteiger partial charge < -0.3 is 5.11 Å². The van der Waals surface area contributed by atoms with E-state index in [9.17, 15) is 9.18 Å². The van der Waals surface area contributed by atoms with Crippen LogP contribution in [0.25, 0.3) is 0 Å². The monoisotopic (exact) mass is 265 g/mol. The van der Waals surface area contributed by atoms with Crippen molar-refractivity contribution >= 4 is 5.78 Å². The fourth-order valence-corrected chi connectivity index (χ4v) is 2.67. The lowest BCUT2D eigenvalue weighted by Crippen LogP contribution is -2.34. The van der Waals surface area contributed by atoms with Gasteiger partial charge in [-0.3, -0.25) is 9.69 Å². The zero-order valence-corrected chi connectivity index (χ0v) is 11.0. The van der Waals surface area contributed by atoms with Crippen molar-refractivity contribution in [2.24, 2.45) is 0 Å². The summed E-state index contributed by atoms with van der Waals surface area (Å²) in [6, 6.07) is 6.12. The van der Waals surface area contributed by atoms with Crippen molar-refractivity contribution in [1.82, 2.24) is 4.90 Å². The summed E-state index contributed by atoms with van der Waals surface area (Å²) in [6.07, 6.45) is 3.92. The first-order chi connectivity index (χ1) is 9.20. The van der Waals surface area contributed by atoms with Crippen molar-refractivity contribution in [3.05, 3.63) is 35.6 Å². The first kappa shape index (κ1) is 14.2. The van der Waals surface area contributed by atoms with Gasteiger partial charge in [-0.05, 0) is 56.5 Å². The van der Waals surface area contributed by atoms with Crippen LogP contribution in [0.2, 0.25) is 0 Å². The number of carbonyl (C=O) groups excluding carboxylic acids is 1. The van der Waals surface area contributed by atoms with Gasteiger partial charge in [0, 0.05) is 18.2 Å². The Morgan fingerprint density at radius 1 is 1.37 bits per heavy atom. The minimum absolute atomic E-state index is 0.0379.